The van der Waals surface area contributed by atoms with Gasteiger partial charge in [0.25, 0.3) is 5.92 Å². The Balaban J connectivity index is 1.50. The number of nitrogens with one attached hydrogen (secondary N) is 1. The molecule has 2 aromatic carbocycles. The van der Waals surface area contributed by atoms with Gasteiger partial charge in [0.2, 0.25) is 15.9 Å². The molecule has 0 spiro atoms. The van der Waals surface area contributed by atoms with E-state index < -0.39 is 166 Å². The molecule has 29 heteroatoms. The second-order valence-electron chi connectivity index (χ2n) is 17.6. The lowest BCUT2D eigenvalue weighted by molar-refractivity contribution is -0.143. The summed E-state index contributed by atoms with van der Waals surface area (Å²) in [6.07, 6.45) is -10.1. The molecule has 16 nitrogen and oxygen atoms in total. The van der Waals surface area contributed by atoms with Crippen LogP contribution in [0.3, 0.4) is 0 Å². The largest absolute Gasteiger partial charge is 0.480 e. The number of carboxylic acids is 1. The highest BCUT2D eigenvalue weighted by molar-refractivity contribution is 7.93. The lowest BCUT2D eigenvalue weighted by Crippen LogP contribution is -2.46. The number of benzene rings is 2. The van der Waals surface area contributed by atoms with Crippen LogP contribution in [0, 0.1) is 29.4 Å². The maximum Gasteiger partial charge on any atom is 0.435 e. The van der Waals surface area contributed by atoms with Crippen LogP contribution in [-0.4, -0.2) is 106 Å². The molecule has 3 heterocycles. The summed E-state index contributed by atoms with van der Waals surface area (Å²) in [6.45, 7) is -2.04. The lowest BCUT2D eigenvalue weighted by atomic mass is 9.93. The van der Waals surface area contributed by atoms with E-state index in [4.69, 9.17) is 11.6 Å². The first-order valence-corrected chi connectivity index (χ1v) is 24.9. The summed E-state index contributed by atoms with van der Waals surface area (Å²) in [7, 11) is -8.00. The Hall–Kier alpha value is -6.47. The molecular formula is C43H37ClF10N8O8S2. The van der Waals surface area contributed by atoms with Crippen LogP contribution in [0.1, 0.15) is 66.1 Å². The summed E-state index contributed by atoms with van der Waals surface area (Å²) in [5.74, 6) is -7.92. The van der Waals surface area contributed by atoms with Crippen molar-refractivity contribution >= 4 is 66.1 Å². The third-order valence-corrected chi connectivity index (χ3v) is 15.0. The monoisotopic (exact) mass is 1080 g/mol. The minimum absolute atomic E-state index is 0.104. The second-order valence-corrected chi connectivity index (χ2v) is 22.4. The Morgan fingerprint density at radius 2 is 1.58 bits per heavy atom. The van der Waals surface area contributed by atoms with E-state index in [2.05, 4.69) is 32.3 Å². The number of halogens is 11. The minimum atomic E-state index is -5.24. The summed E-state index contributed by atoms with van der Waals surface area (Å²) < 4.78 is 197. The van der Waals surface area contributed by atoms with E-state index in [0.717, 1.165) is 49.7 Å². The number of alkyl halides is 8. The van der Waals surface area contributed by atoms with Crippen LogP contribution in [0.5, 0.6) is 0 Å². The van der Waals surface area contributed by atoms with E-state index in [1.807, 2.05) is 0 Å². The maximum atomic E-state index is 15.6. The van der Waals surface area contributed by atoms with Gasteiger partial charge in [0.15, 0.2) is 21.3 Å². The number of hydrogen-bond acceptors (Lipinski definition) is 10. The second kappa shape index (κ2) is 18.2. The van der Waals surface area contributed by atoms with Gasteiger partial charge in [0, 0.05) is 42.0 Å². The zero-order valence-electron chi connectivity index (χ0n) is 37.7. The van der Waals surface area contributed by atoms with Crippen molar-refractivity contribution in [3.8, 4) is 23.0 Å². The van der Waals surface area contributed by atoms with Crippen LogP contribution < -0.4 is 9.62 Å². The molecule has 3 atom stereocenters. The number of aliphatic carboxylic acids is 1. The average Bonchev–Trinajstić information content (AvgIpc) is 3.73. The van der Waals surface area contributed by atoms with Crippen LogP contribution in [0.15, 0.2) is 42.5 Å². The van der Waals surface area contributed by atoms with Gasteiger partial charge in [-0.15, -0.1) is 0 Å². The molecule has 0 radical (unpaired) electrons. The predicted octanol–water partition coefficient (Wildman–Crippen LogP) is 7.19. The van der Waals surface area contributed by atoms with Crippen molar-refractivity contribution in [2.24, 2.45) is 5.92 Å². The third kappa shape index (κ3) is 10.5. The lowest BCUT2D eigenvalue weighted by Gasteiger charge is -2.24. The van der Waals surface area contributed by atoms with Crippen molar-refractivity contribution in [3.63, 3.8) is 0 Å². The number of anilines is 1. The number of nitrogens with zero attached hydrogens (tertiary/aromatic N) is 7. The molecule has 2 N–H and O–H groups in total. The summed E-state index contributed by atoms with van der Waals surface area (Å²) in [4.78, 5) is 44.2. The molecule has 0 unspecified atom stereocenters. The number of pyridine rings is 1. The third-order valence-electron chi connectivity index (χ3n) is 11.7. The number of likely N-dealkylation sites (N-methyl/N-ethyl adjacent to an activating group) is 1. The predicted molar refractivity (Wildman–Crippen MR) is 236 cm³/mol. The van der Waals surface area contributed by atoms with Gasteiger partial charge in [-0.2, -0.15) is 49.6 Å². The number of fused-ring (bicyclic) bond motifs is 4. The number of sulfonamides is 1. The van der Waals surface area contributed by atoms with Crippen molar-refractivity contribution in [3.05, 3.63) is 93.0 Å². The number of sulfone groups is 1. The van der Waals surface area contributed by atoms with Crippen LogP contribution in [-0.2, 0) is 61.1 Å². The number of carboxylic acid groups (broad SMARTS) is 1. The Bertz CT molecular complexity index is 3370. The van der Waals surface area contributed by atoms with Crippen LogP contribution >= 0.6 is 11.6 Å². The van der Waals surface area contributed by atoms with Crippen LogP contribution in [0.2, 0.25) is 5.02 Å². The molecule has 5 aromatic rings. The molecular weight excluding hydrogens is 1050 g/mol. The van der Waals surface area contributed by atoms with Gasteiger partial charge in [-0.1, -0.05) is 23.6 Å². The fourth-order valence-electron chi connectivity index (χ4n) is 8.21. The molecule has 0 bridgehead atoms. The van der Waals surface area contributed by atoms with E-state index in [9.17, 15) is 71.4 Å². The number of hydrogen-bond donors (Lipinski definition) is 2. The number of carbonyl (C=O) groups is 3. The number of rotatable bonds is 13. The first-order chi connectivity index (χ1) is 33.0. The Morgan fingerprint density at radius 1 is 0.958 bits per heavy atom. The minimum Gasteiger partial charge on any atom is -0.480 e. The number of carbonyl (C=O) groups excluding carboxylic acids is 2. The molecule has 2 aliphatic rings. The van der Waals surface area contributed by atoms with Gasteiger partial charge in [-0.05, 0) is 74.4 Å². The highest BCUT2D eigenvalue weighted by Crippen LogP contribution is 2.68. The highest BCUT2D eigenvalue weighted by atomic mass is 35.5. The number of amides is 3. The van der Waals surface area contributed by atoms with E-state index in [1.165, 1.54) is 13.8 Å². The fraction of sp³-hybridized carbons (Fsp3) is 0.395. The molecule has 1 fully saturated rings. The van der Waals surface area contributed by atoms with Gasteiger partial charge in [0.1, 0.15) is 47.4 Å². The van der Waals surface area contributed by atoms with Gasteiger partial charge in [0.05, 0.1) is 33.9 Å². The van der Waals surface area contributed by atoms with Crippen LogP contribution in [0.4, 0.5) is 54.5 Å². The molecule has 1 saturated carbocycles. The maximum absolute atomic E-state index is 15.6. The highest BCUT2D eigenvalue weighted by Gasteiger charge is 2.68. The van der Waals surface area contributed by atoms with E-state index in [-0.39, 0.29) is 36.9 Å². The Kier molecular flexibility index (Phi) is 13.5. The van der Waals surface area contributed by atoms with Crippen molar-refractivity contribution in [2.45, 2.75) is 74.8 Å². The number of urea groups is 1. The van der Waals surface area contributed by atoms with E-state index in [1.54, 1.807) is 0 Å². The molecule has 0 aliphatic heterocycles. The molecule has 2 aliphatic carbocycles. The summed E-state index contributed by atoms with van der Waals surface area (Å²) >= 11 is 6.58. The Morgan fingerprint density at radius 3 is 2.15 bits per heavy atom. The molecule has 7 rings (SSSR count). The average molecular weight is 1080 g/mol. The topological polar surface area (TPSA) is 207 Å². The summed E-state index contributed by atoms with van der Waals surface area (Å²) in [6, 6.07) is 2.88. The van der Waals surface area contributed by atoms with E-state index >= 15 is 8.78 Å². The molecule has 72 heavy (non-hydrogen) atoms. The molecule has 3 amide bonds. The zero-order chi connectivity index (χ0) is 53.6. The molecule has 3 aromatic heterocycles. The molecule has 0 saturated heterocycles. The van der Waals surface area contributed by atoms with Crippen molar-refractivity contribution in [1.29, 1.82) is 0 Å². The quantitative estimate of drug-likeness (QED) is 0.0891. The van der Waals surface area contributed by atoms with Gasteiger partial charge in [-0.25, -0.2) is 35.4 Å². The summed E-state index contributed by atoms with van der Waals surface area (Å²) in [5.41, 5.74) is -6.21. The smallest absolute Gasteiger partial charge is 0.435 e. The van der Waals surface area contributed by atoms with Crippen molar-refractivity contribution < 1.29 is 80.2 Å². The first kappa shape index (κ1) is 53.3. The van der Waals surface area contributed by atoms with Gasteiger partial charge < -0.3 is 15.3 Å². The Labute approximate surface area is 406 Å². The fourth-order valence-corrected chi connectivity index (χ4v) is 9.55. The molecule has 386 valence electrons. The van der Waals surface area contributed by atoms with Crippen LogP contribution in [0.25, 0.3) is 22.0 Å². The first-order valence-electron chi connectivity index (χ1n) is 20.8. The van der Waals surface area contributed by atoms with Crippen molar-refractivity contribution in [1.82, 2.24) is 34.8 Å². The number of aromatic nitrogens is 5. The SMILES string of the molecule is CN(CC(=O)O)C(=O)N(c1nn(CC(F)(F)F)c2c(-c3ccc(C#CC(C)(C)S(C)(=O)=O)nc3[C@H](Cc3cc(F)cc(F)c3)NC(=O)Cn3nc(C(F)(F)F)c4c3C(F)(F)[C@@H]3C[C@H]43)ccc(Cl)c12)S(C)(=O)=O. The van der Waals surface area contributed by atoms with Crippen molar-refractivity contribution in [2.75, 3.05) is 30.4 Å². The normalized spacial score (nSPS) is 16.9. The van der Waals surface area contributed by atoms with Gasteiger partial charge in [-0.3, -0.25) is 19.0 Å². The van der Waals surface area contributed by atoms with Gasteiger partial charge >= 0.3 is 24.4 Å². The zero-order valence-corrected chi connectivity index (χ0v) is 40.1. The summed E-state index contributed by atoms with van der Waals surface area (Å²) in [5, 5.41) is 17.7. The van der Waals surface area contributed by atoms with E-state index in [0.29, 0.717) is 17.2 Å². The standard InChI is InChI=1S/C43H37ClF10N8O8S2/c1-40(2,71(4,67)68)11-10-23-6-7-24(25-8-9-28(44)33-35(25)61(19-41(47,48)49)58-38(33)62(72(5,69)70)39(66)59(3)18-31(64)65)34(55-23)29(14-20-12-21(45)15-22(46)13-20)56-30(63)17-60-37-32(36(57-60)43(52,53)54)26-16-27(26)42(37,50)51/h6-9,12-13,15,26-27,29H,14,16-19H2,1-5H3,(H,56,63)(H,64,65)/t26-,27+,29-/m0/s1.